The minimum absolute atomic E-state index is 0.648. The third-order valence-corrected chi connectivity index (χ3v) is 6.28. The molecule has 0 aromatic carbocycles. The van der Waals surface area contributed by atoms with Gasteiger partial charge >= 0.3 is 0 Å². The number of hydrogen-bond acceptors (Lipinski definition) is 2. The molecular formula is C16H21BrN2. The maximum Gasteiger partial charge on any atom is 0.0410 e. The van der Waals surface area contributed by atoms with Crippen LogP contribution in [0.2, 0.25) is 0 Å². The lowest BCUT2D eigenvalue weighted by molar-refractivity contribution is 0.376. The molecule has 3 fully saturated rings. The number of fused-ring (bicyclic) bond motifs is 5. The van der Waals surface area contributed by atoms with Crippen molar-refractivity contribution in [3.63, 3.8) is 0 Å². The highest BCUT2D eigenvalue weighted by molar-refractivity contribution is 9.10. The van der Waals surface area contributed by atoms with Crippen molar-refractivity contribution in [1.29, 1.82) is 0 Å². The van der Waals surface area contributed by atoms with Crippen molar-refractivity contribution in [2.75, 3.05) is 7.05 Å². The zero-order chi connectivity index (χ0) is 13.0. The van der Waals surface area contributed by atoms with Gasteiger partial charge in [-0.25, -0.2) is 0 Å². The third-order valence-electron chi connectivity index (χ3n) is 5.85. The molecule has 0 amide bonds. The van der Waals surface area contributed by atoms with Crippen molar-refractivity contribution in [2.45, 2.75) is 31.7 Å². The molecule has 102 valence electrons. The molecule has 1 heterocycles. The first-order valence-corrected chi connectivity index (χ1v) is 8.34. The molecule has 0 saturated heterocycles. The van der Waals surface area contributed by atoms with Gasteiger partial charge in [0.05, 0.1) is 0 Å². The van der Waals surface area contributed by atoms with Gasteiger partial charge in [-0.2, -0.15) is 0 Å². The minimum Gasteiger partial charge on any atom is -0.316 e. The highest BCUT2D eigenvalue weighted by atomic mass is 79.9. The van der Waals surface area contributed by atoms with Crippen molar-refractivity contribution in [3.8, 4) is 0 Å². The van der Waals surface area contributed by atoms with Crippen molar-refractivity contribution in [2.24, 2.45) is 29.6 Å². The number of rotatable bonds is 4. The third kappa shape index (κ3) is 1.97. The van der Waals surface area contributed by atoms with Gasteiger partial charge in [-0.05, 0) is 89.9 Å². The summed E-state index contributed by atoms with van der Waals surface area (Å²) < 4.78 is 1.09. The van der Waals surface area contributed by atoms with Gasteiger partial charge < -0.3 is 5.32 Å². The largest absolute Gasteiger partial charge is 0.316 e. The summed E-state index contributed by atoms with van der Waals surface area (Å²) in [5.74, 6) is 5.18. The number of aromatic nitrogens is 1. The van der Waals surface area contributed by atoms with Crippen LogP contribution in [-0.2, 0) is 6.42 Å². The van der Waals surface area contributed by atoms with E-state index in [0.717, 1.165) is 40.5 Å². The van der Waals surface area contributed by atoms with Gasteiger partial charge in [0.15, 0.2) is 0 Å². The fourth-order valence-electron chi connectivity index (χ4n) is 5.18. The fraction of sp³-hybridized carbons (Fsp3) is 0.688. The number of nitrogens with zero attached hydrogens (tertiary/aromatic N) is 1. The molecule has 1 aromatic rings. The monoisotopic (exact) mass is 320 g/mol. The Bertz CT molecular complexity index is 473. The van der Waals surface area contributed by atoms with Crippen LogP contribution >= 0.6 is 15.9 Å². The zero-order valence-electron chi connectivity index (χ0n) is 11.3. The average Bonchev–Trinajstić information content (AvgIpc) is 2.83. The average molecular weight is 321 g/mol. The van der Waals surface area contributed by atoms with E-state index in [4.69, 9.17) is 0 Å². The second-order valence-corrected chi connectivity index (χ2v) is 7.59. The first kappa shape index (κ1) is 12.3. The summed E-state index contributed by atoms with van der Waals surface area (Å²) in [5, 5.41) is 3.59. The van der Waals surface area contributed by atoms with E-state index in [9.17, 15) is 0 Å². The highest BCUT2D eigenvalue weighted by Gasteiger charge is 2.66. The zero-order valence-corrected chi connectivity index (χ0v) is 12.9. The molecule has 2 nitrogen and oxygen atoms in total. The first-order valence-electron chi connectivity index (χ1n) is 7.54. The van der Waals surface area contributed by atoms with Gasteiger partial charge in [0.2, 0.25) is 0 Å². The van der Waals surface area contributed by atoms with Gasteiger partial charge in [-0.15, -0.1) is 0 Å². The van der Waals surface area contributed by atoms with Gasteiger partial charge in [0.1, 0.15) is 0 Å². The Balaban J connectivity index is 1.48. The minimum atomic E-state index is 0.648. The maximum atomic E-state index is 4.29. The lowest BCUT2D eigenvalue weighted by Gasteiger charge is -2.20. The van der Waals surface area contributed by atoms with E-state index in [2.05, 4.69) is 39.3 Å². The molecule has 1 N–H and O–H groups in total. The smallest absolute Gasteiger partial charge is 0.0410 e. The predicted molar refractivity (Wildman–Crippen MR) is 79.8 cm³/mol. The second-order valence-electron chi connectivity index (χ2n) is 6.68. The van der Waals surface area contributed by atoms with E-state index >= 15 is 0 Å². The Labute approximate surface area is 123 Å². The molecule has 5 unspecified atom stereocenters. The summed E-state index contributed by atoms with van der Waals surface area (Å²) in [6.07, 6.45) is 9.57. The molecule has 0 aliphatic heterocycles. The normalized spacial score (nSPS) is 40.2. The Morgan fingerprint density at radius 2 is 2.05 bits per heavy atom. The van der Waals surface area contributed by atoms with Gasteiger partial charge in [0.25, 0.3) is 0 Å². The topological polar surface area (TPSA) is 24.9 Å². The van der Waals surface area contributed by atoms with Crippen LogP contribution in [0.3, 0.4) is 0 Å². The molecule has 19 heavy (non-hydrogen) atoms. The summed E-state index contributed by atoms with van der Waals surface area (Å²) in [7, 11) is 2.13. The Morgan fingerprint density at radius 1 is 1.32 bits per heavy atom. The van der Waals surface area contributed by atoms with Crippen molar-refractivity contribution >= 4 is 15.9 Å². The highest BCUT2D eigenvalue weighted by Crippen LogP contribution is 2.70. The summed E-state index contributed by atoms with van der Waals surface area (Å²) >= 11 is 3.52. The summed E-state index contributed by atoms with van der Waals surface area (Å²) in [6, 6.07) is 2.86. The van der Waals surface area contributed by atoms with Crippen LogP contribution in [0.5, 0.6) is 0 Å². The SMILES string of the molecule is CNC(Cc1cncc(Br)c1)C1C2C3CCC(C3)C21. The van der Waals surface area contributed by atoms with Crippen LogP contribution in [0.25, 0.3) is 0 Å². The molecule has 2 bridgehead atoms. The lowest BCUT2D eigenvalue weighted by Crippen LogP contribution is -2.32. The number of nitrogens with one attached hydrogen (secondary N) is 1. The quantitative estimate of drug-likeness (QED) is 0.921. The number of likely N-dealkylation sites (N-methyl/N-ethyl adjacent to an activating group) is 1. The molecule has 0 spiro atoms. The van der Waals surface area contributed by atoms with Crippen LogP contribution < -0.4 is 5.32 Å². The standard InChI is InChI=1S/C16H21BrN2/c1-18-13(5-9-4-12(17)8-19-7-9)16-14-10-2-3-11(6-10)15(14)16/h4,7-8,10-11,13-16,18H,2-3,5-6H2,1H3. The van der Waals surface area contributed by atoms with Crippen LogP contribution in [0.15, 0.2) is 22.9 Å². The molecule has 3 aliphatic rings. The molecule has 3 heteroatoms. The van der Waals surface area contributed by atoms with Crippen molar-refractivity contribution in [3.05, 3.63) is 28.5 Å². The predicted octanol–water partition coefficient (Wildman–Crippen LogP) is 3.27. The number of hydrogen-bond donors (Lipinski definition) is 1. The molecule has 4 rings (SSSR count). The number of pyridine rings is 1. The van der Waals surface area contributed by atoms with Crippen LogP contribution in [0.4, 0.5) is 0 Å². The summed E-state index contributed by atoms with van der Waals surface area (Å²) in [6.45, 7) is 0. The van der Waals surface area contributed by atoms with Crippen LogP contribution in [-0.4, -0.2) is 18.1 Å². The summed E-state index contributed by atoms with van der Waals surface area (Å²) in [5.41, 5.74) is 1.35. The van der Waals surface area contributed by atoms with E-state index in [-0.39, 0.29) is 0 Å². The Morgan fingerprint density at radius 3 is 2.68 bits per heavy atom. The van der Waals surface area contributed by atoms with Crippen molar-refractivity contribution < 1.29 is 0 Å². The van der Waals surface area contributed by atoms with Crippen LogP contribution in [0.1, 0.15) is 24.8 Å². The first-order chi connectivity index (χ1) is 9.28. The second kappa shape index (κ2) is 4.56. The van der Waals surface area contributed by atoms with E-state index in [0.29, 0.717) is 6.04 Å². The van der Waals surface area contributed by atoms with Gasteiger partial charge in [-0.3, -0.25) is 4.98 Å². The van der Waals surface area contributed by atoms with Crippen molar-refractivity contribution in [1.82, 2.24) is 10.3 Å². The van der Waals surface area contributed by atoms with E-state index in [1.807, 2.05) is 12.4 Å². The van der Waals surface area contributed by atoms with E-state index < -0.39 is 0 Å². The molecule has 3 aliphatic carbocycles. The molecule has 5 atom stereocenters. The Kier molecular flexibility index (Phi) is 2.96. The van der Waals surface area contributed by atoms with Crippen LogP contribution in [0, 0.1) is 29.6 Å². The molecule has 3 saturated carbocycles. The lowest BCUT2D eigenvalue weighted by atomic mass is 9.94. The summed E-state index contributed by atoms with van der Waals surface area (Å²) in [4.78, 5) is 4.29. The maximum absolute atomic E-state index is 4.29. The fourth-order valence-corrected chi connectivity index (χ4v) is 5.59. The van der Waals surface area contributed by atoms with E-state index in [1.165, 1.54) is 18.4 Å². The number of halogens is 1. The Hall–Kier alpha value is -0.410. The van der Waals surface area contributed by atoms with E-state index in [1.54, 1.807) is 6.42 Å². The van der Waals surface area contributed by atoms with Gasteiger partial charge in [-0.1, -0.05) is 0 Å². The van der Waals surface area contributed by atoms with Gasteiger partial charge in [0, 0.05) is 22.9 Å². The molecule has 0 radical (unpaired) electrons. The molecular weight excluding hydrogens is 300 g/mol. The molecule has 1 aromatic heterocycles.